The number of rotatable bonds is 6. The third kappa shape index (κ3) is 4.02. The van der Waals surface area contributed by atoms with E-state index in [1.165, 1.54) is 0 Å². The van der Waals surface area contributed by atoms with Crippen molar-refractivity contribution in [3.63, 3.8) is 0 Å². The van der Waals surface area contributed by atoms with Gasteiger partial charge in [0, 0.05) is 25.3 Å². The highest BCUT2D eigenvalue weighted by molar-refractivity contribution is 5.90. The summed E-state index contributed by atoms with van der Waals surface area (Å²) in [6.07, 6.45) is 5.27. The van der Waals surface area contributed by atoms with Crippen LogP contribution in [0.3, 0.4) is 0 Å². The number of hydrogen-bond donors (Lipinski definition) is 2. The van der Waals surface area contributed by atoms with Crippen molar-refractivity contribution in [1.82, 2.24) is 9.78 Å². The van der Waals surface area contributed by atoms with E-state index >= 15 is 0 Å². The van der Waals surface area contributed by atoms with Gasteiger partial charge in [0.05, 0.1) is 11.9 Å². The van der Waals surface area contributed by atoms with Crippen molar-refractivity contribution >= 4 is 11.6 Å². The Bertz CT molecular complexity index is 334. The van der Waals surface area contributed by atoms with Crippen LogP contribution >= 0.6 is 0 Å². The van der Waals surface area contributed by atoms with Gasteiger partial charge in [-0.3, -0.25) is 9.48 Å². The van der Waals surface area contributed by atoms with Gasteiger partial charge in [0.25, 0.3) is 0 Å². The normalized spacial score (nSPS) is 10.8. The van der Waals surface area contributed by atoms with Crippen molar-refractivity contribution in [2.24, 2.45) is 0 Å². The minimum absolute atomic E-state index is 0.0308. The number of nitrogens with one attached hydrogen (secondary N) is 1. The Morgan fingerprint density at radius 1 is 1.56 bits per heavy atom. The van der Waals surface area contributed by atoms with E-state index in [4.69, 9.17) is 5.11 Å². The Morgan fingerprint density at radius 2 is 2.31 bits per heavy atom. The van der Waals surface area contributed by atoms with Gasteiger partial charge in [0.15, 0.2) is 0 Å². The van der Waals surface area contributed by atoms with Crippen molar-refractivity contribution in [2.45, 2.75) is 39.2 Å². The number of anilines is 1. The highest BCUT2D eigenvalue weighted by atomic mass is 16.2. The summed E-state index contributed by atoms with van der Waals surface area (Å²) in [5.74, 6) is -0.0308. The summed E-state index contributed by atoms with van der Waals surface area (Å²) >= 11 is 0. The maximum absolute atomic E-state index is 11.4. The van der Waals surface area contributed by atoms with Gasteiger partial charge in [0.1, 0.15) is 0 Å². The lowest BCUT2D eigenvalue weighted by atomic mass is 10.2. The molecule has 0 aliphatic rings. The summed E-state index contributed by atoms with van der Waals surface area (Å²) < 4.78 is 1.79. The molecule has 0 saturated carbocycles. The van der Waals surface area contributed by atoms with Crippen LogP contribution in [0, 0.1) is 0 Å². The molecule has 90 valence electrons. The predicted octanol–water partition coefficient (Wildman–Crippen LogP) is 1.57. The number of unbranched alkanes of at least 4 members (excludes halogenated alkanes) is 1. The Morgan fingerprint density at radius 3 is 2.88 bits per heavy atom. The molecule has 0 aromatic carbocycles. The molecule has 0 aliphatic heterocycles. The molecule has 5 heteroatoms. The fraction of sp³-hybridized carbons (Fsp3) is 0.636. The second-order valence-corrected chi connectivity index (χ2v) is 4.03. The number of aliphatic hydroxyl groups is 1. The van der Waals surface area contributed by atoms with Crippen LogP contribution < -0.4 is 5.32 Å². The first-order chi connectivity index (χ1) is 7.63. The molecule has 2 N–H and O–H groups in total. The molecule has 0 radical (unpaired) electrons. The number of carbonyl (C=O) groups excluding carboxylic acids is 1. The topological polar surface area (TPSA) is 67.2 Å². The Kier molecular flexibility index (Phi) is 4.98. The second kappa shape index (κ2) is 6.27. The first kappa shape index (κ1) is 12.7. The molecule has 0 spiro atoms. The number of amides is 1. The quantitative estimate of drug-likeness (QED) is 0.722. The largest absolute Gasteiger partial charge is 0.396 e. The number of hydrogen-bond acceptors (Lipinski definition) is 3. The van der Waals surface area contributed by atoms with Crippen molar-refractivity contribution < 1.29 is 9.90 Å². The number of carbonyl (C=O) groups is 1. The molecule has 1 aromatic rings. The molecule has 1 amide bonds. The minimum atomic E-state index is -0.0308. The van der Waals surface area contributed by atoms with E-state index < -0.39 is 0 Å². The van der Waals surface area contributed by atoms with Crippen molar-refractivity contribution in [2.75, 3.05) is 11.9 Å². The molecule has 1 rings (SSSR count). The monoisotopic (exact) mass is 225 g/mol. The summed E-state index contributed by atoms with van der Waals surface area (Å²) in [4.78, 5) is 11.4. The lowest BCUT2D eigenvalue weighted by molar-refractivity contribution is -0.116. The van der Waals surface area contributed by atoms with E-state index in [1.54, 1.807) is 10.9 Å². The van der Waals surface area contributed by atoms with Crippen molar-refractivity contribution in [3.8, 4) is 0 Å². The van der Waals surface area contributed by atoms with Gasteiger partial charge >= 0.3 is 0 Å². The summed E-state index contributed by atoms with van der Waals surface area (Å²) in [5.41, 5.74) is 0.725. The first-order valence-electron chi connectivity index (χ1n) is 5.58. The lowest BCUT2D eigenvalue weighted by Gasteiger charge is -2.04. The standard InChI is InChI=1S/C11H19N3O2/c1-9(2)14-8-10(7-12-14)13-11(16)5-3-4-6-15/h7-9,15H,3-6H2,1-2H3,(H,13,16). The van der Waals surface area contributed by atoms with Crippen LogP contribution in [0.15, 0.2) is 12.4 Å². The molecule has 16 heavy (non-hydrogen) atoms. The Balaban J connectivity index is 2.37. The zero-order chi connectivity index (χ0) is 12.0. The van der Waals surface area contributed by atoms with Gasteiger partial charge in [-0.15, -0.1) is 0 Å². The summed E-state index contributed by atoms with van der Waals surface area (Å²) in [6, 6.07) is 0.292. The maximum Gasteiger partial charge on any atom is 0.224 e. The Hall–Kier alpha value is -1.36. The van der Waals surface area contributed by atoms with Crippen LogP contribution in [0.25, 0.3) is 0 Å². The summed E-state index contributed by atoms with van der Waals surface area (Å²) in [7, 11) is 0. The van der Waals surface area contributed by atoms with E-state index in [-0.39, 0.29) is 12.5 Å². The van der Waals surface area contributed by atoms with Crippen LogP contribution in [-0.4, -0.2) is 27.4 Å². The highest BCUT2D eigenvalue weighted by Gasteiger charge is 2.05. The summed E-state index contributed by atoms with van der Waals surface area (Å²) in [5, 5.41) is 15.5. The zero-order valence-corrected chi connectivity index (χ0v) is 9.81. The van der Waals surface area contributed by atoms with Gasteiger partial charge in [-0.2, -0.15) is 5.10 Å². The summed E-state index contributed by atoms with van der Waals surface area (Å²) in [6.45, 7) is 4.19. The third-order valence-electron chi connectivity index (χ3n) is 2.23. The van der Waals surface area contributed by atoms with Crippen molar-refractivity contribution in [1.29, 1.82) is 0 Å². The number of nitrogens with zero attached hydrogens (tertiary/aromatic N) is 2. The van der Waals surface area contributed by atoms with Crippen LogP contribution in [0.1, 0.15) is 39.2 Å². The van der Waals surface area contributed by atoms with Crippen LogP contribution in [0.2, 0.25) is 0 Å². The SMILES string of the molecule is CC(C)n1cc(NC(=O)CCCCO)cn1. The van der Waals surface area contributed by atoms with Gasteiger partial charge in [0.2, 0.25) is 5.91 Å². The van der Waals surface area contributed by atoms with E-state index in [1.807, 2.05) is 20.0 Å². The maximum atomic E-state index is 11.4. The van der Waals surface area contributed by atoms with Gasteiger partial charge < -0.3 is 10.4 Å². The zero-order valence-electron chi connectivity index (χ0n) is 9.81. The number of aromatic nitrogens is 2. The predicted molar refractivity (Wildman–Crippen MR) is 62.2 cm³/mol. The van der Waals surface area contributed by atoms with E-state index in [0.717, 1.165) is 5.69 Å². The molecule has 1 aromatic heterocycles. The molecule has 0 saturated heterocycles. The molecule has 1 heterocycles. The molecular weight excluding hydrogens is 206 g/mol. The number of aliphatic hydroxyl groups excluding tert-OH is 1. The van der Waals surface area contributed by atoms with Crippen molar-refractivity contribution in [3.05, 3.63) is 12.4 Å². The molecule has 0 fully saturated rings. The third-order valence-corrected chi connectivity index (χ3v) is 2.23. The molecule has 5 nitrogen and oxygen atoms in total. The molecule has 0 bridgehead atoms. The average Bonchev–Trinajstić information content (AvgIpc) is 2.66. The smallest absolute Gasteiger partial charge is 0.224 e. The lowest BCUT2D eigenvalue weighted by Crippen LogP contribution is -2.10. The molecule has 0 unspecified atom stereocenters. The van der Waals surface area contributed by atoms with E-state index in [0.29, 0.717) is 25.3 Å². The minimum Gasteiger partial charge on any atom is -0.396 e. The fourth-order valence-corrected chi connectivity index (χ4v) is 1.31. The van der Waals surface area contributed by atoms with Crippen LogP contribution in [0.5, 0.6) is 0 Å². The van der Waals surface area contributed by atoms with E-state index in [2.05, 4.69) is 10.4 Å². The van der Waals surface area contributed by atoms with Crippen LogP contribution in [0.4, 0.5) is 5.69 Å². The van der Waals surface area contributed by atoms with Gasteiger partial charge in [-0.1, -0.05) is 0 Å². The second-order valence-electron chi connectivity index (χ2n) is 4.03. The molecular formula is C11H19N3O2. The molecule has 0 aliphatic carbocycles. The van der Waals surface area contributed by atoms with Crippen LogP contribution in [-0.2, 0) is 4.79 Å². The highest BCUT2D eigenvalue weighted by Crippen LogP contribution is 2.10. The van der Waals surface area contributed by atoms with Gasteiger partial charge in [-0.05, 0) is 26.7 Å². The fourth-order valence-electron chi connectivity index (χ4n) is 1.31. The molecule has 0 atom stereocenters. The van der Waals surface area contributed by atoms with Gasteiger partial charge in [-0.25, -0.2) is 0 Å². The average molecular weight is 225 g/mol. The first-order valence-corrected chi connectivity index (χ1v) is 5.58. The Labute approximate surface area is 95.5 Å². The van der Waals surface area contributed by atoms with E-state index in [9.17, 15) is 4.79 Å².